The summed E-state index contributed by atoms with van der Waals surface area (Å²) in [6.45, 7) is 2.09. The van der Waals surface area contributed by atoms with E-state index in [9.17, 15) is 9.59 Å². The molecule has 0 heterocycles. The molecule has 0 spiro atoms. The van der Waals surface area contributed by atoms with Crippen LogP contribution in [0.4, 0.5) is 0 Å². The van der Waals surface area contributed by atoms with Gasteiger partial charge in [-0.05, 0) is 30.2 Å². The molecule has 94 valence electrons. The molecule has 0 fully saturated rings. The van der Waals surface area contributed by atoms with E-state index in [2.05, 4.69) is 0 Å². The molecule has 0 unspecified atom stereocenters. The Morgan fingerprint density at radius 2 is 1.61 bits per heavy atom. The van der Waals surface area contributed by atoms with E-state index in [1.807, 2.05) is 0 Å². The normalized spacial score (nSPS) is 10.9. The monoisotopic (exact) mass is 246 g/mol. The number of carbonyl (C=O) groups is 2. The van der Waals surface area contributed by atoms with E-state index in [1.165, 1.54) is 12.2 Å². The Morgan fingerprint density at radius 3 is 2.06 bits per heavy atom. The summed E-state index contributed by atoms with van der Waals surface area (Å²) in [6.07, 6.45) is 5.57. The van der Waals surface area contributed by atoms with Crippen LogP contribution in [0, 0.1) is 0 Å². The zero-order valence-corrected chi connectivity index (χ0v) is 10.00. The van der Waals surface area contributed by atoms with Gasteiger partial charge in [0, 0.05) is 12.2 Å². The Morgan fingerprint density at radius 1 is 1.11 bits per heavy atom. The third kappa shape index (κ3) is 5.12. The molecule has 1 aromatic rings. The SMILES string of the molecule is CCOC(=O)/C=C/c1ccc(C=CC(=O)O)cc1. The molecule has 0 saturated heterocycles. The minimum atomic E-state index is -0.985. The molecule has 18 heavy (non-hydrogen) atoms. The molecule has 0 aliphatic carbocycles. The van der Waals surface area contributed by atoms with E-state index < -0.39 is 5.97 Å². The molecule has 0 aliphatic rings. The van der Waals surface area contributed by atoms with Crippen LogP contribution in [0.5, 0.6) is 0 Å². The van der Waals surface area contributed by atoms with Gasteiger partial charge in [0.05, 0.1) is 6.61 Å². The molecule has 0 radical (unpaired) electrons. The molecular formula is C14H14O4. The lowest BCUT2D eigenvalue weighted by molar-refractivity contribution is -0.137. The highest BCUT2D eigenvalue weighted by molar-refractivity contribution is 5.87. The molecule has 1 N–H and O–H groups in total. The quantitative estimate of drug-likeness (QED) is 0.640. The number of ether oxygens (including phenoxy) is 1. The molecule has 1 rings (SSSR count). The fourth-order valence-corrected chi connectivity index (χ4v) is 1.24. The zero-order chi connectivity index (χ0) is 13.4. The van der Waals surface area contributed by atoms with Crippen LogP contribution in [0.3, 0.4) is 0 Å². The first-order valence-corrected chi connectivity index (χ1v) is 5.47. The average molecular weight is 246 g/mol. The smallest absolute Gasteiger partial charge is 0.330 e. The molecule has 0 aromatic heterocycles. The van der Waals surface area contributed by atoms with Gasteiger partial charge in [-0.2, -0.15) is 0 Å². The maximum Gasteiger partial charge on any atom is 0.330 e. The summed E-state index contributed by atoms with van der Waals surface area (Å²) >= 11 is 0. The van der Waals surface area contributed by atoms with E-state index in [1.54, 1.807) is 37.3 Å². The maximum atomic E-state index is 11.1. The van der Waals surface area contributed by atoms with Crippen molar-refractivity contribution in [3.05, 3.63) is 47.5 Å². The van der Waals surface area contributed by atoms with E-state index in [4.69, 9.17) is 9.84 Å². The molecule has 0 atom stereocenters. The molecule has 0 bridgehead atoms. The Balaban J connectivity index is 2.65. The molecule has 0 aliphatic heterocycles. The number of rotatable bonds is 5. The number of carboxylic acid groups (broad SMARTS) is 1. The largest absolute Gasteiger partial charge is 0.478 e. The van der Waals surface area contributed by atoms with Crippen molar-refractivity contribution < 1.29 is 19.4 Å². The van der Waals surface area contributed by atoms with Crippen LogP contribution >= 0.6 is 0 Å². The minimum Gasteiger partial charge on any atom is -0.478 e. The van der Waals surface area contributed by atoms with Crippen molar-refractivity contribution in [1.82, 2.24) is 0 Å². The van der Waals surface area contributed by atoms with Gasteiger partial charge in [-0.25, -0.2) is 9.59 Å². The maximum absolute atomic E-state index is 11.1. The van der Waals surface area contributed by atoms with Crippen molar-refractivity contribution in [3.63, 3.8) is 0 Å². The molecule has 1 aromatic carbocycles. The van der Waals surface area contributed by atoms with Gasteiger partial charge >= 0.3 is 11.9 Å². The lowest BCUT2D eigenvalue weighted by Gasteiger charge is -1.97. The summed E-state index contributed by atoms with van der Waals surface area (Å²) in [4.78, 5) is 21.4. The highest BCUT2D eigenvalue weighted by Gasteiger charge is 1.94. The van der Waals surface area contributed by atoms with Crippen LogP contribution in [-0.4, -0.2) is 23.7 Å². The Kier molecular flexibility index (Phi) is 5.38. The Bertz CT molecular complexity index is 469. The number of esters is 1. The highest BCUT2D eigenvalue weighted by atomic mass is 16.5. The molecule has 4 heteroatoms. The molecule has 0 saturated carbocycles. The summed E-state index contributed by atoms with van der Waals surface area (Å²) in [5.74, 6) is -1.37. The van der Waals surface area contributed by atoms with Crippen molar-refractivity contribution in [2.45, 2.75) is 6.92 Å². The first-order valence-electron chi connectivity index (χ1n) is 5.47. The Labute approximate surface area is 105 Å². The van der Waals surface area contributed by atoms with Gasteiger partial charge < -0.3 is 9.84 Å². The van der Waals surface area contributed by atoms with E-state index in [-0.39, 0.29) is 5.97 Å². The predicted octanol–water partition coefficient (Wildman–Crippen LogP) is 2.36. The van der Waals surface area contributed by atoms with Gasteiger partial charge in [-0.3, -0.25) is 0 Å². The number of hydrogen-bond donors (Lipinski definition) is 1. The third-order valence-corrected chi connectivity index (χ3v) is 2.05. The lowest BCUT2D eigenvalue weighted by atomic mass is 10.1. The molecular weight excluding hydrogens is 232 g/mol. The number of carbonyl (C=O) groups excluding carboxylic acids is 1. The van der Waals surface area contributed by atoms with E-state index in [0.717, 1.165) is 17.2 Å². The summed E-state index contributed by atoms with van der Waals surface area (Å²) in [6, 6.07) is 7.11. The van der Waals surface area contributed by atoms with Crippen LogP contribution in [0.1, 0.15) is 18.1 Å². The fraction of sp³-hybridized carbons (Fsp3) is 0.143. The van der Waals surface area contributed by atoms with Crippen LogP contribution in [0.25, 0.3) is 12.2 Å². The number of aliphatic carboxylic acids is 1. The standard InChI is InChI=1S/C14H14O4/c1-2-18-14(17)10-8-12-5-3-11(4-6-12)7-9-13(15)16/h3-10H,2H2,1H3,(H,15,16)/b9-7?,10-8+. The van der Waals surface area contributed by atoms with Crippen LogP contribution < -0.4 is 0 Å². The second kappa shape index (κ2) is 7.06. The van der Waals surface area contributed by atoms with Crippen LogP contribution in [-0.2, 0) is 14.3 Å². The van der Waals surface area contributed by atoms with Gasteiger partial charge in [-0.1, -0.05) is 24.3 Å². The highest BCUT2D eigenvalue weighted by Crippen LogP contribution is 2.08. The predicted molar refractivity (Wildman–Crippen MR) is 68.8 cm³/mol. The van der Waals surface area contributed by atoms with Gasteiger partial charge in [0.25, 0.3) is 0 Å². The van der Waals surface area contributed by atoms with Gasteiger partial charge in [0.15, 0.2) is 0 Å². The Hall–Kier alpha value is -2.36. The first-order chi connectivity index (χ1) is 8.61. The van der Waals surface area contributed by atoms with Crippen molar-refractivity contribution in [3.8, 4) is 0 Å². The minimum absolute atomic E-state index is 0.349. The summed E-state index contributed by atoms with van der Waals surface area (Å²) < 4.78 is 4.75. The van der Waals surface area contributed by atoms with E-state index in [0.29, 0.717) is 6.61 Å². The number of benzene rings is 1. The summed E-state index contributed by atoms with van der Waals surface area (Å²) in [5.41, 5.74) is 1.63. The second-order valence-corrected chi connectivity index (χ2v) is 3.42. The average Bonchev–Trinajstić information content (AvgIpc) is 2.35. The molecule has 0 amide bonds. The van der Waals surface area contributed by atoms with Gasteiger partial charge in [-0.15, -0.1) is 0 Å². The second-order valence-electron chi connectivity index (χ2n) is 3.42. The summed E-state index contributed by atoms with van der Waals surface area (Å²) in [7, 11) is 0. The van der Waals surface area contributed by atoms with Gasteiger partial charge in [0.2, 0.25) is 0 Å². The number of hydrogen-bond acceptors (Lipinski definition) is 3. The third-order valence-electron chi connectivity index (χ3n) is 2.05. The molecule has 4 nitrogen and oxygen atoms in total. The fourth-order valence-electron chi connectivity index (χ4n) is 1.24. The van der Waals surface area contributed by atoms with Crippen molar-refractivity contribution >= 4 is 24.1 Å². The van der Waals surface area contributed by atoms with E-state index >= 15 is 0 Å². The number of carboxylic acids is 1. The van der Waals surface area contributed by atoms with Crippen molar-refractivity contribution in [1.29, 1.82) is 0 Å². The first kappa shape index (κ1) is 13.7. The lowest BCUT2D eigenvalue weighted by Crippen LogP contribution is -1.98. The zero-order valence-electron chi connectivity index (χ0n) is 10.00. The van der Waals surface area contributed by atoms with Crippen LogP contribution in [0.15, 0.2) is 36.4 Å². The van der Waals surface area contributed by atoms with Crippen molar-refractivity contribution in [2.24, 2.45) is 0 Å². The van der Waals surface area contributed by atoms with Crippen LogP contribution in [0.2, 0.25) is 0 Å². The summed E-state index contributed by atoms with van der Waals surface area (Å²) in [5, 5.41) is 8.48. The van der Waals surface area contributed by atoms with Gasteiger partial charge in [0.1, 0.15) is 0 Å². The topological polar surface area (TPSA) is 63.6 Å². The van der Waals surface area contributed by atoms with Crippen molar-refractivity contribution in [2.75, 3.05) is 6.61 Å².